The van der Waals surface area contributed by atoms with Gasteiger partial charge in [-0.2, -0.15) is 5.26 Å². The number of hydrogen-bond donors (Lipinski definition) is 0. The number of fused-ring (bicyclic) bond motifs is 1. The Bertz CT molecular complexity index is 656. The average Bonchev–Trinajstić information content (AvgIpc) is 3.32. The van der Waals surface area contributed by atoms with Crippen LogP contribution in [0.5, 0.6) is 5.75 Å². The van der Waals surface area contributed by atoms with Gasteiger partial charge < -0.3 is 9.64 Å². The molecule has 0 amide bonds. The molecule has 1 aliphatic rings. The highest BCUT2D eigenvalue weighted by molar-refractivity contribution is 5.92. The van der Waals surface area contributed by atoms with Crippen molar-refractivity contribution in [3.05, 3.63) is 42.0 Å². The van der Waals surface area contributed by atoms with Crippen molar-refractivity contribution in [1.82, 2.24) is 4.90 Å². The normalized spacial score (nSPS) is 14.4. The lowest BCUT2D eigenvalue weighted by Crippen LogP contribution is -2.26. The molecule has 0 heterocycles. The molecule has 0 saturated heterocycles. The van der Waals surface area contributed by atoms with Gasteiger partial charge in [0, 0.05) is 23.4 Å². The van der Waals surface area contributed by atoms with Crippen molar-refractivity contribution in [3.8, 4) is 11.8 Å². The van der Waals surface area contributed by atoms with E-state index in [9.17, 15) is 0 Å². The minimum absolute atomic E-state index is 0.683. The SMILES string of the molecule is CN(CCOc1ccc(C#N)c2ccccc12)C1CC1. The van der Waals surface area contributed by atoms with Crippen LogP contribution in [0.2, 0.25) is 0 Å². The molecule has 0 atom stereocenters. The number of likely N-dealkylation sites (N-methyl/N-ethyl adjacent to an activating group) is 1. The fraction of sp³-hybridized carbons (Fsp3) is 0.353. The first-order chi connectivity index (χ1) is 9.79. The van der Waals surface area contributed by atoms with Crippen molar-refractivity contribution in [3.63, 3.8) is 0 Å². The Balaban J connectivity index is 1.76. The molecule has 2 aromatic rings. The number of rotatable bonds is 5. The van der Waals surface area contributed by atoms with Crippen LogP contribution >= 0.6 is 0 Å². The molecule has 1 saturated carbocycles. The average molecular weight is 266 g/mol. The maximum Gasteiger partial charge on any atom is 0.127 e. The lowest BCUT2D eigenvalue weighted by atomic mass is 10.0. The summed E-state index contributed by atoms with van der Waals surface area (Å²) in [6.45, 7) is 1.63. The summed E-state index contributed by atoms with van der Waals surface area (Å²) in [5.41, 5.74) is 0.697. The Morgan fingerprint density at radius 1 is 1.20 bits per heavy atom. The summed E-state index contributed by atoms with van der Waals surface area (Å²) in [5, 5.41) is 11.1. The second kappa shape index (κ2) is 5.52. The summed E-state index contributed by atoms with van der Waals surface area (Å²) in [6.07, 6.45) is 2.63. The van der Waals surface area contributed by atoms with E-state index in [1.165, 1.54) is 12.8 Å². The van der Waals surface area contributed by atoms with E-state index < -0.39 is 0 Å². The summed E-state index contributed by atoms with van der Waals surface area (Å²) in [4.78, 5) is 2.35. The molecule has 0 radical (unpaired) electrons. The minimum atomic E-state index is 0.683. The lowest BCUT2D eigenvalue weighted by Gasteiger charge is -2.16. The van der Waals surface area contributed by atoms with Crippen molar-refractivity contribution >= 4 is 10.8 Å². The Labute approximate surface area is 119 Å². The maximum atomic E-state index is 9.15. The van der Waals surface area contributed by atoms with Gasteiger partial charge in [0.15, 0.2) is 0 Å². The lowest BCUT2D eigenvalue weighted by molar-refractivity contribution is 0.233. The van der Waals surface area contributed by atoms with E-state index in [0.717, 1.165) is 29.1 Å². The van der Waals surface area contributed by atoms with Gasteiger partial charge in [-0.3, -0.25) is 0 Å². The standard InChI is InChI=1S/C17H18N2O/c1-19(14-7-8-14)10-11-20-17-9-6-13(12-18)15-4-2-3-5-16(15)17/h2-6,9,14H,7-8,10-11H2,1H3. The van der Waals surface area contributed by atoms with E-state index in [1.807, 2.05) is 36.4 Å². The van der Waals surface area contributed by atoms with Crippen LogP contribution in [0, 0.1) is 11.3 Å². The Kier molecular flexibility index (Phi) is 3.58. The van der Waals surface area contributed by atoms with Gasteiger partial charge in [-0.25, -0.2) is 0 Å². The highest BCUT2D eigenvalue weighted by atomic mass is 16.5. The van der Waals surface area contributed by atoms with Crippen molar-refractivity contribution in [2.75, 3.05) is 20.2 Å². The van der Waals surface area contributed by atoms with Gasteiger partial charge in [0.1, 0.15) is 12.4 Å². The van der Waals surface area contributed by atoms with E-state index in [-0.39, 0.29) is 0 Å². The Morgan fingerprint density at radius 3 is 2.65 bits per heavy atom. The number of nitrogens with zero attached hydrogens (tertiary/aromatic N) is 2. The van der Waals surface area contributed by atoms with Gasteiger partial charge in [0.05, 0.1) is 11.6 Å². The molecule has 0 N–H and O–H groups in total. The molecule has 0 aliphatic heterocycles. The predicted octanol–water partition coefficient (Wildman–Crippen LogP) is 3.18. The molecule has 0 aromatic heterocycles. The third kappa shape index (κ3) is 2.61. The first kappa shape index (κ1) is 13.0. The number of ether oxygens (including phenoxy) is 1. The maximum absolute atomic E-state index is 9.15. The largest absolute Gasteiger partial charge is 0.492 e. The van der Waals surface area contributed by atoms with E-state index >= 15 is 0 Å². The third-order valence-corrected chi connectivity index (χ3v) is 3.88. The summed E-state index contributed by atoms with van der Waals surface area (Å²) >= 11 is 0. The van der Waals surface area contributed by atoms with E-state index in [4.69, 9.17) is 10.00 Å². The zero-order chi connectivity index (χ0) is 13.9. The van der Waals surface area contributed by atoms with Crippen LogP contribution in [0.1, 0.15) is 18.4 Å². The van der Waals surface area contributed by atoms with Crippen molar-refractivity contribution < 1.29 is 4.74 Å². The second-order valence-electron chi connectivity index (χ2n) is 5.33. The van der Waals surface area contributed by atoms with Gasteiger partial charge in [-0.1, -0.05) is 24.3 Å². The van der Waals surface area contributed by atoms with Gasteiger partial charge in [-0.15, -0.1) is 0 Å². The van der Waals surface area contributed by atoms with Crippen molar-refractivity contribution in [2.45, 2.75) is 18.9 Å². The molecule has 2 aromatic carbocycles. The molecular formula is C17H18N2O. The molecule has 0 bridgehead atoms. The van der Waals surface area contributed by atoms with Crippen LogP contribution in [-0.4, -0.2) is 31.1 Å². The molecular weight excluding hydrogens is 248 g/mol. The van der Waals surface area contributed by atoms with Crippen LogP contribution < -0.4 is 4.74 Å². The molecule has 20 heavy (non-hydrogen) atoms. The molecule has 3 nitrogen and oxygen atoms in total. The summed E-state index contributed by atoms with van der Waals surface area (Å²) in [7, 11) is 2.15. The smallest absolute Gasteiger partial charge is 0.127 e. The fourth-order valence-corrected chi connectivity index (χ4v) is 2.49. The van der Waals surface area contributed by atoms with Crippen LogP contribution in [-0.2, 0) is 0 Å². The third-order valence-electron chi connectivity index (χ3n) is 3.88. The Hall–Kier alpha value is -2.05. The van der Waals surface area contributed by atoms with Crippen LogP contribution in [0.25, 0.3) is 10.8 Å². The predicted molar refractivity (Wildman–Crippen MR) is 79.8 cm³/mol. The first-order valence-electron chi connectivity index (χ1n) is 7.04. The molecule has 1 fully saturated rings. The van der Waals surface area contributed by atoms with Crippen LogP contribution in [0.3, 0.4) is 0 Å². The number of hydrogen-bond acceptors (Lipinski definition) is 3. The van der Waals surface area contributed by atoms with E-state index in [0.29, 0.717) is 12.2 Å². The number of benzene rings is 2. The van der Waals surface area contributed by atoms with Crippen molar-refractivity contribution in [2.24, 2.45) is 0 Å². The molecule has 1 aliphatic carbocycles. The van der Waals surface area contributed by atoms with Gasteiger partial charge in [0.2, 0.25) is 0 Å². The van der Waals surface area contributed by atoms with Gasteiger partial charge in [0.25, 0.3) is 0 Å². The van der Waals surface area contributed by atoms with Gasteiger partial charge in [-0.05, 0) is 32.0 Å². The number of nitriles is 1. The summed E-state index contributed by atoms with van der Waals surface area (Å²) in [6, 6.07) is 14.6. The topological polar surface area (TPSA) is 36.3 Å². The first-order valence-corrected chi connectivity index (χ1v) is 7.04. The summed E-state index contributed by atoms with van der Waals surface area (Å²) < 4.78 is 5.92. The van der Waals surface area contributed by atoms with Crippen LogP contribution in [0.4, 0.5) is 0 Å². The minimum Gasteiger partial charge on any atom is -0.492 e. The van der Waals surface area contributed by atoms with Crippen molar-refractivity contribution in [1.29, 1.82) is 5.26 Å². The van der Waals surface area contributed by atoms with Crippen LogP contribution in [0.15, 0.2) is 36.4 Å². The quantitative estimate of drug-likeness (QED) is 0.834. The highest BCUT2D eigenvalue weighted by Crippen LogP contribution is 2.28. The van der Waals surface area contributed by atoms with E-state index in [1.54, 1.807) is 0 Å². The highest BCUT2D eigenvalue weighted by Gasteiger charge is 2.25. The zero-order valence-electron chi connectivity index (χ0n) is 11.7. The molecule has 0 unspecified atom stereocenters. The second-order valence-corrected chi connectivity index (χ2v) is 5.33. The molecule has 3 rings (SSSR count). The monoisotopic (exact) mass is 266 g/mol. The fourth-order valence-electron chi connectivity index (χ4n) is 2.49. The Morgan fingerprint density at radius 2 is 1.95 bits per heavy atom. The zero-order valence-corrected chi connectivity index (χ0v) is 11.7. The molecule has 0 spiro atoms. The van der Waals surface area contributed by atoms with E-state index in [2.05, 4.69) is 18.0 Å². The molecule has 102 valence electrons. The molecule has 3 heteroatoms. The summed E-state index contributed by atoms with van der Waals surface area (Å²) in [5.74, 6) is 0.865. The van der Waals surface area contributed by atoms with Gasteiger partial charge >= 0.3 is 0 Å².